The Bertz CT molecular complexity index is 928. The molecule has 1 aromatic heterocycles. The molecule has 1 aromatic carbocycles. The quantitative estimate of drug-likeness (QED) is 0.313. The number of aryl methyl sites for hydroxylation is 1. The van der Waals surface area contributed by atoms with Crippen LogP contribution >= 0.6 is 7.68 Å². The first-order chi connectivity index (χ1) is 13.8. The Kier molecular flexibility index (Phi) is 7.59. The van der Waals surface area contributed by atoms with Gasteiger partial charge in [-0.3, -0.25) is 0 Å². The van der Waals surface area contributed by atoms with Gasteiger partial charge in [-0.15, -0.1) is 0 Å². The predicted octanol–water partition coefficient (Wildman–Crippen LogP) is 4.27. The average Bonchev–Trinajstić information content (AvgIpc) is 3.17. The maximum absolute atomic E-state index is 12.3. The fourth-order valence-corrected chi connectivity index (χ4v) is 3.24. The molecule has 1 unspecified atom stereocenters. The first-order valence-corrected chi connectivity index (χ1v) is 10.3. The van der Waals surface area contributed by atoms with Gasteiger partial charge >= 0.3 is 19.2 Å². The van der Waals surface area contributed by atoms with Gasteiger partial charge in [-0.25, -0.2) is 13.9 Å². The zero-order chi connectivity index (χ0) is 21.6. The second kappa shape index (κ2) is 9.71. The average molecular weight is 425 g/mol. The Balaban J connectivity index is 2.61. The Hall–Kier alpha value is -2.64. The molecule has 1 heterocycles. The highest BCUT2D eigenvalue weighted by Gasteiger charge is 2.49. The molecular formula is C19H24NO8P. The Labute approximate surface area is 169 Å². The van der Waals surface area contributed by atoms with Gasteiger partial charge in [0.2, 0.25) is 5.76 Å². The number of hydrogen-bond donors (Lipinski definition) is 0. The van der Waals surface area contributed by atoms with E-state index in [1.54, 1.807) is 33.8 Å². The van der Waals surface area contributed by atoms with Gasteiger partial charge in [0.15, 0.2) is 17.2 Å². The molecule has 10 heteroatoms. The van der Waals surface area contributed by atoms with Crippen molar-refractivity contribution < 1.29 is 37.4 Å². The third-order valence-electron chi connectivity index (χ3n) is 4.07. The van der Waals surface area contributed by atoms with E-state index in [0.717, 1.165) is 11.6 Å². The molecule has 0 bridgehead atoms. The van der Waals surface area contributed by atoms with Crippen LogP contribution in [-0.2, 0) is 24.1 Å². The van der Waals surface area contributed by atoms with Gasteiger partial charge in [-0.05, 0) is 51.8 Å². The van der Waals surface area contributed by atoms with E-state index in [0.29, 0.717) is 17.9 Å². The van der Waals surface area contributed by atoms with Crippen LogP contribution in [0, 0.1) is 13.8 Å². The van der Waals surface area contributed by atoms with Crippen LogP contribution in [0.5, 0.6) is 11.5 Å². The zero-order valence-corrected chi connectivity index (χ0v) is 17.9. The van der Waals surface area contributed by atoms with E-state index >= 15 is 0 Å². The number of benzene rings is 1. The molecule has 9 nitrogen and oxygen atoms in total. The third-order valence-corrected chi connectivity index (χ3v) is 4.99. The highest BCUT2D eigenvalue weighted by molar-refractivity contribution is 7.31. The van der Waals surface area contributed by atoms with Crippen LogP contribution in [0.25, 0.3) is 0 Å². The number of carbonyl (C=O) groups excluding carboxylic acids is 1. The van der Waals surface area contributed by atoms with Gasteiger partial charge < -0.3 is 23.5 Å². The van der Waals surface area contributed by atoms with Crippen molar-refractivity contribution in [2.45, 2.75) is 40.1 Å². The van der Waals surface area contributed by atoms with Crippen LogP contribution in [0.1, 0.15) is 48.1 Å². The van der Waals surface area contributed by atoms with Crippen molar-refractivity contribution in [1.29, 1.82) is 0 Å². The summed E-state index contributed by atoms with van der Waals surface area (Å²) in [5.41, 5.74) is -1.01. The van der Waals surface area contributed by atoms with Gasteiger partial charge in [0.1, 0.15) is 0 Å². The minimum absolute atomic E-state index is 0.0203. The second-order valence-corrected chi connectivity index (χ2v) is 7.04. The Morgan fingerprint density at radius 1 is 1.14 bits per heavy atom. The van der Waals surface area contributed by atoms with Crippen molar-refractivity contribution in [1.82, 2.24) is 5.16 Å². The van der Waals surface area contributed by atoms with E-state index in [1.807, 2.05) is 13.0 Å². The summed E-state index contributed by atoms with van der Waals surface area (Å²) >= 11 is 0. The molecule has 0 amide bonds. The molecule has 0 aliphatic rings. The number of ether oxygens (including phenoxy) is 4. The highest BCUT2D eigenvalue weighted by atomic mass is 31.1. The number of rotatable bonds is 10. The number of nitrogens with zero attached hydrogens (tertiary/aromatic N) is 1. The SMILES string of the molecule is CCOC(=O)c1cc(C(OCC)(Oc2c(OCC)ccc(C)c2C)P(=O)=O)on1. The molecule has 0 fully saturated rings. The lowest BCUT2D eigenvalue weighted by atomic mass is 10.1. The maximum Gasteiger partial charge on any atom is 0.399 e. The summed E-state index contributed by atoms with van der Waals surface area (Å²) in [5.74, 6) is -0.520. The van der Waals surface area contributed by atoms with Crippen LogP contribution in [-0.4, -0.2) is 30.9 Å². The molecule has 0 aliphatic carbocycles. The van der Waals surface area contributed by atoms with Crippen molar-refractivity contribution in [3.8, 4) is 11.5 Å². The number of esters is 1. The minimum atomic E-state index is -3.40. The zero-order valence-electron chi connectivity index (χ0n) is 17.0. The fourth-order valence-electron chi connectivity index (χ4n) is 2.55. The number of hydrogen-bond acceptors (Lipinski definition) is 9. The number of aromatic nitrogens is 1. The largest absolute Gasteiger partial charge is 0.490 e. The van der Waals surface area contributed by atoms with Gasteiger partial charge in [-0.1, -0.05) is 11.2 Å². The first kappa shape index (κ1) is 22.6. The topological polar surface area (TPSA) is 114 Å². The summed E-state index contributed by atoms with van der Waals surface area (Å²) in [6.07, 6.45) is 0. The molecule has 0 radical (unpaired) electrons. The van der Waals surface area contributed by atoms with E-state index in [1.165, 1.54) is 0 Å². The summed E-state index contributed by atoms with van der Waals surface area (Å²) < 4.78 is 51.7. The normalized spacial score (nSPS) is 12.9. The van der Waals surface area contributed by atoms with Crippen molar-refractivity contribution >= 4 is 13.6 Å². The van der Waals surface area contributed by atoms with Gasteiger partial charge in [0, 0.05) is 12.7 Å². The molecular weight excluding hydrogens is 401 g/mol. The summed E-state index contributed by atoms with van der Waals surface area (Å²) in [4.78, 5) is 11.9. The predicted molar refractivity (Wildman–Crippen MR) is 102 cm³/mol. The van der Waals surface area contributed by atoms with Crippen LogP contribution in [0.2, 0.25) is 0 Å². The first-order valence-electron chi connectivity index (χ1n) is 9.15. The van der Waals surface area contributed by atoms with Crippen molar-refractivity contribution in [2.24, 2.45) is 0 Å². The van der Waals surface area contributed by atoms with Gasteiger partial charge in [0.05, 0.1) is 13.2 Å². The Morgan fingerprint density at radius 2 is 1.86 bits per heavy atom. The molecule has 0 aliphatic heterocycles. The van der Waals surface area contributed by atoms with Crippen LogP contribution in [0.4, 0.5) is 0 Å². The van der Waals surface area contributed by atoms with E-state index in [4.69, 9.17) is 23.5 Å². The van der Waals surface area contributed by atoms with Gasteiger partial charge in [0.25, 0.3) is 0 Å². The number of carbonyl (C=O) groups is 1. The smallest absolute Gasteiger partial charge is 0.399 e. The minimum Gasteiger partial charge on any atom is -0.490 e. The summed E-state index contributed by atoms with van der Waals surface area (Å²) in [6, 6.07) is 4.64. The lowest BCUT2D eigenvalue weighted by Gasteiger charge is -2.26. The fraction of sp³-hybridized carbons (Fsp3) is 0.474. The molecule has 0 saturated heterocycles. The molecule has 158 valence electrons. The summed E-state index contributed by atoms with van der Waals surface area (Å²) in [6.45, 7) is 9.11. The molecule has 1 atom stereocenters. The lowest BCUT2D eigenvalue weighted by Crippen LogP contribution is -2.31. The standard InChI is InChI=1S/C19H24NO8P/c1-6-24-15-10-9-12(4)13(5)17(15)27-19(26-8-3,29(22)23)16-11-14(20-28-16)18(21)25-7-2/h9-11H,6-8H2,1-5H3. The lowest BCUT2D eigenvalue weighted by molar-refractivity contribution is -0.137. The van der Waals surface area contributed by atoms with Crippen LogP contribution < -0.4 is 9.47 Å². The van der Waals surface area contributed by atoms with Crippen LogP contribution in [0.15, 0.2) is 22.7 Å². The van der Waals surface area contributed by atoms with E-state index < -0.39 is 19.2 Å². The van der Waals surface area contributed by atoms with E-state index in [2.05, 4.69) is 5.16 Å². The van der Waals surface area contributed by atoms with Crippen molar-refractivity contribution in [3.63, 3.8) is 0 Å². The highest BCUT2D eigenvalue weighted by Crippen LogP contribution is 2.47. The molecule has 29 heavy (non-hydrogen) atoms. The van der Waals surface area contributed by atoms with Gasteiger partial charge in [-0.2, -0.15) is 0 Å². The molecule has 2 aromatic rings. The second-order valence-electron chi connectivity index (χ2n) is 5.94. The van der Waals surface area contributed by atoms with E-state index in [-0.39, 0.29) is 30.4 Å². The Morgan fingerprint density at radius 3 is 2.45 bits per heavy atom. The summed E-state index contributed by atoms with van der Waals surface area (Å²) in [5, 5.41) is 3.60. The van der Waals surface area contributed by atoms with Crippen LogP contribution in [0.3, 0.4) is 0 Å². The van der Waals surface area contributed by atoms with E-state index in [9.17, 15) is 13.9 Å². The third kappa shape index (κ3) is 4.68. The maximum atomic E-state index is 12.3. The monoisotopic (exact) mass is 425 g/mol. The molecule has 2 rings (SSSR count). The molecule has 0 saturated carbocycles. The molecule has 0 N–H and O–H groups in total. The van der Waals surface area contributed by atoms with Crippen molar-refractivity contribution in [3.05, 3.63) is 40.8 Å². The summed E-state index contributed by atoms with van der Waals surface area (Å²) in [7, 11) is -3.40. The van der Waals surface area contributed by atoms with Crippen molar-refractivity contribution in [2.75, 3.05) is 19.8 Å². The molecule has 0 spiro atoms.